The number of carbonyl (C=O) groups excluding carboxylic acids is 2. The van der Waals surface area contributed by atoms with E-state index >= 15 is 0 Å². The van der Waals surface area contributed by atoms with E-state index in [4.69, 9.17) is 0 Å². The second-order valence-electron chi connectivity index (χ2n) is 5.80. The molecule has 0 heterocycles. The van der Waals surface area contributed by atoms with Crippen LogP contribution in [0.15, 0.2) is 54.6 Å². The maximum Gasteiger partial charge on any atom is 0.326 e. The van der Waals surface area contributed by atoms with Crippen molar-refractivity contribution in [3.8, 4) is 5.75 Å². The lowest BCUT2D eigenvalue weighted by Gasteiger charge is -2.20. The van der Waals surface area contributed by atoms with Crippen LogP contribution in [-0.4, -0.2) is 40.6 Å². The van der Waals surface area contributed by atoms with E-state index in [9.17, 15) is 24.6 Å². The number of benzene rings is 2. The molecule has 7 nitrogen and oxygen atoms in total. The second-order valence-corrected chi connectivity index (χ2v) is 5.80. The molecule has 2 rings (SSSR count). The Morgan fingerprint density at radius 1 is 0.923 bits per heavy atom. The van der Waals surface area contributed by atoms with Crippen molar-refractivity contribution in [1.82, 2.24) is 10.6 Å². The van der Waals surface area contributed by atoms with E-state index in [-0.39, 0.29) is 18.6 Å². The van der Waals surface area contributed by atoms with Crippen molar-refractivity contribution >= 4 is 18.3 Å². The molecule has 0 aliphatic rings. The third kappa shape index (κ3) is 5.62. The van der Waals surface area contributed by atoms with Crippen LogP contribution in [-0.2, 0) is 27.2 Å². The number of nitrogens with one attached hydrogen (secondary N) is 2. The predicted molar refractivity (Wildman–Crippen MR) is 94.5 cm³/mol. The molecule has 0 unspecified atom stereocenters. The summed E-state index contributed by atoms with van der Waals surface area (Å²) in [5.41, 5.74) is 1.49. The Morgan fingerprint density at radius 3 is 2.08 bits per heavy atom. The number of amides is 2. The van der Waals surface area contributed by atoms with Crippen molar-refractivity contribution in [3.63, 3.8) is 0 Å². The number of aromatic hydroxyl groups is 1. The van der Waals surface area contributed by atoms with Crippen LogP contribution in [0.4, 0.5) is 0 Å². The molecule has 0 aromatic heterocycles. The SMILES string of the molecule is O=CN[C@@H](Cc1ccc(O)cc1)C(=O)N[C@@H](Cc1ccccc1)C(=O)O. The molecule has 4 N–H and O–H groups in total. The van der Waals surface area contributed by atoms with Gasteiger partial charge in [-0.05, 0) is 23.3 Å². The highest BCUT2D eigenvalue weighted by atomic mass is 16.4. The van der Waals surface area contributed by atoms with Gasteiger partial charge in [0.05, 0.1) is 0 Å². The summed E-state index contributed by atoms with van der Waals surface area (Å²) in [4.78, 5) is 34.8. The van der Waals surface area contributed by atoms with Gasteiger partial charge in [0.1, 0.15) is 17.8 Å². The van der Waals surface area contributed by atoms with Crippen LogP contribution in [0.5, 0.6) is 5.75 Å². The molecule has 2 amide bonds. The molecule has 2 atom stereocenters. The topological polar surface area (TPSA) is 116 Å². The number of carboxylic acids is 1. The van der Waals surface area contributed by atoms with Crippen LogP contribution in [0.25, 0.3) is 0 Å². The molecule has 0 aliphatic carbocycles. The summed E-state index contributed by atoms with van der Waals surface area (Å²) >= 11 is 0. The molecule has 26 heavy (non-hydrogen) atoms. The lowest BCUT2D eigenvalue weighted by molar-refractivity contribution is -0.142. The highest BCUT2D eigenvalue weighted by Gasteiger charge is 2.25. The Hall–Kier alpha value is -3.35. The number of phenols is 1. The maximum absolute atomic E-state index is 12.5. The third-order valence-corrected chi connectivity index (χ3v) is 3.86. The number of rotatable bonds is 9. The van der Waals surface area contributed by atoms with Gasteiger partial charge in [-0.2, -0.15) is 0 Å². The fourth-order valence-corrected chi connectivity index (χ4v) is 2.50. The zero-order chi connectivity index (χ0) is 18.9. The smallest absolute Gasteiger partial charge is 0.326 e. The summed E-state index contributed by atoms with van der Waals surface area (Å²) in [5.74, 6) is -1.66. The summed E-state index contributed by atoms with van der Waals surface area (Å²) in [6.07, 6.45) is 0.703. The molecule has 136 valence electrons. The van der Waals surface area contributed by atoms with Gasteiger partial charge in [-0.3, -0.25) is 9.59 Å². The summed E-state index contributed by atoms with van der Waals surface area (Å²) in [5, 5.41) is 23.6. The monoisotopic (exact) mass is 356 g/mol. The third-order valence-electron chi connectivity index (χ3n) is 3.86. The minimum Gasteiger partial charge on any atom is -0.508 e. The quantitative estimate of drug-likeness (QED) is 0.498. The summed E-state index contributed by atoms with van der Waals surface area (Å²) in [6, 6.07) is 13.1. The number of hydrogen-bond donors (Lipinski definition) is 4. The van der Waals surface area contributed by atoms with Gasteiger partial charge >= 0.3 is 5.97 Å². The van der Waals surface area contributed by atoms with Gasteiger partial charge in [-0.1, -0.05) is 42.5 Å². The van der Waals surface area contributed by atoms with Crippen molar-refractivity contribution in [1.29, 1.82) is 0 Å². The molecule has 2 aromatic rings. The van der Waals surface area contributed by atoms with Gasteiger partial charge < -0.3 is 20.8 Å². The molecule has 0 fully saturated rings. The number of carboxylic acid groups (broad SMARTS) is 1. The van der Waals surface area contributed by atoms with Crippen LogP contribution in [0.1, 0.15) is 11.1 Å². The van der Waals surface area contributed by atoms with E-state index in [2.05, 4.69) is 10.6 Å². The van der Waals surface area contributed by atoms with Gasteiger partial charge in [0.15, 0.2) is 0 Å². The second kappa shape index (κ2) is 9.22. The molecule has 2 aromatic carbocycles. The minimum atomic E-state index is -1.16. The molecule has 0 saturated carbocycles. The van der Waals surface area contributed by atoms with Crippen molar-refractivity contribution in [2.45, 2.75) is 24.9 Å². The highest BCUT2D eigenvalue weighted by molar-refractivity contribution is 5.88. The van der Waals surface area contributed by atoms with Crippen LogP contribution in [0.3, 0.4) is 0 Å². The summed E-state index contributed by atoms with van der Waals surface area (Å²) in [6.45, 7) is 0. The van der Waals surface area contributed by atoms with Gasteiger partial charge in [0, 0.05) is 12.8 Å². The number of carbonyl (C=O) groups is 3. The zero-order valence-corrected chi connectivity index (χ0v) is 14.0. The highest BCUT2D eigenvalue weighted by Crippen LogP contribution is 2.12. The molecular formula is C19H20N2O5. The average molecular weight is 356 g/mol. The van der Waals surface area contributed by atoms with Gasteiger partial charge in [-0.25, -0.2) is 4.79 Å². The number of phenolic OH excluding ortho intramolecular Hbond substituents is 1. The van der Waals surface area contributed by atoms with Crippen LogP contribution in [0.2, 0.25) is 0 Å². The summed E-state index contributed by atoms with van der Waals surface area (Å²) < 4.78 is 0. The standard InChI is InChI=1S/C19H20N2O5/c22-12-20-16(10-14-6-8-15(23)9-7-14)18(24)21-17(19(25)26)11-13-4-2-1-3-5-13/h1-9,12,16-17,23H,10-11H2,(H,20,22)(H,21,24)(H,25,26)/t16-,17-/m0/s1. The molecule has 0 saturated heterocycles. The van der Waals surface area contributed by atoms with E-state index in [1.165, 1.54) is 12.1 Å². The number of aliphatic carboxylic acids is 1. The van der Waals surface area contributed by atoms with E-state index in [0.29, 0.717) is 12.0 Å². The Morgan fingerprint density at radius 2 is 1.50 bits per heavy atom. The molecule has 7 heteroatoms. The van der Waals surface area contributed by atoms with Crippen molar-refractivity contribution in [2.75, 3.05) is 0 Å². The van der Waals surface area contributed by atoms with Crippen LogP contribution < -0.4 is 10.6 Å². The van der Waals surface area contributed by atoms with E-state index in [0.717, 1.165) is 5.56 Å². The lowest BCUT2D eigenvalue weighted by atomic mass is 10.0. The van der Waals surface area contributed by atoms with Crippen molar-refractivity contribution in [3.05, 3.63) is 65.7 Å². The van der Waals surface area contributed by atoms with Crippen LogP contribution >= 0.6 is 0 Å². The van der Waals surface area contributed by atoms with E-state index < -0.39 is 24.0 Å². The Balaban J connectivity index is 2.06. The fourth-order valence-electron chi connectivity index (χ4n) is 2.50. The largest absolute Gasteiger partial charge is 0.508 e. The van der Waals surface area contributed by atoms with Gasteiger partial charge in [0.25, 0.3) is 0 Å². The van der Waals surface area contributed by atoms with Crippen molar-refractivity contribution < 1.29 is 24.6 Å². The predicted octanol–water partition coefficient (Wildman–Crippen LogP) is 0.861. The molecule has 0 bridgehead atoms. The maximum atomic E-state index is 12.5. The molecule has 0 spiro atoms. The van der Waals surface area contributed by atoms with Gasteiger partial charge in [0.2, 0.25) is 12.3 Å². The zero-order valence-electron chi connectivity index (χ0n) is 14.0. The minimum absolute atomic E-state index is 0.0897. The molecular weight excluding hydrogens is 336 g/mol. The molecule has 0 aliphatic heterocycles. The lowest BCUT2D eigenvalue weighted by Crippen LogP contribution is -2.51. The first-order valence-corrected chi connectivity index (χ1v) is 8.04. The van der Waals surface area contributed by atoms with Crippen molar-refractivity contribution in [2.24, 2.45) is 0 Å². The first-order valence-electron chi connectivity index (χ1n) is 8.04. The fraction of sp³-hybridized carbons (Fsp3) is 0.211. The Labute approximate surface area is 150 Å². The Kier molecular flexibility index (Phi) is 6.73. The summed E-state index contributed by atoms with van der Waals surface area (Å²) in [7, 11) is 0. The normalized spacial score (nSPS) is 12.6. The van der Waals surface area contributed by atoms with E-state index in [1.54, 1.807) is 36.4 Å². The van der Waals surface area contributed by atoms with E-state index in [1.807, 2.05) is 6.07 Å². The number of hydrogen-bond acceptors (Lipinski definition) is 4. The average Bonchev–Trinajstić information content (AvgIpc) is 2.63. The molecule has 0 radical (unpaired) electrons. The first-order chi connectivity index (χ1) is 12.5. The first kappa shape index (κ1) is 19.0. The Bertz CT molecular complexity index is 746. The van der Waals surface area contributed by atoms with Crippen LogP contribution in [0, 0.1) is 0 Å². The van der Waals surface area contributed by atoms with Gasteiger partial charge in [-0.15, -0.1) is 0 Å².